The second kappa shape index (κ2) is 4.74. The van der Waals surface area contributed by atoms with Crippen LogP contribution in [0.3, 0.4) is 0 Å². The first-order valence-corrected chi connectivity index (χ1v) is 7.41. The third-order valence-electron chi connectivity index (χ3n) is 2.76. The third kappa shape index (κ3) is 2.15. The van der Waals surface area contributed by atoms with E-state index in [1.54, 1.807) is 35.2 Å². The van der Waals surface area contributed by atoms with Gasteiger partial charge >= 0.3 is 0 Å². The minimum Gasteiger partial charge on any atom is -0.324 e. The lowest BCUT2D eigenvalue weighted by atomic mass is 10.1. The van der Waals surface area contributed by atoms with Crippen molar-refractivity contribution in [2.45, 2.75) is 5.25 Å². The summed E-state index contributed by atoms with van der Waals surface area (Å²) in [6, 6.07) is 8.41. The van der Waals surface area contributed by atoms with Gasteiger partial charge in [-0.05, 0) is 29.1 Å². The van der Waals surface area contributed by atoms with Crippen LogP contribution < -0.4 is 5.32 Å². The summed E-state index contributed by atoms with van der Waals surface area (Å²) < 4.78 is 13.0. The van der Waals surface area contributed by atoms with E-state index in [9.17, 15) is 9.18 Å². The highest BCUT2D eigenvalue weighted by atomic mass is 32.2. The van der Waals surface area contributed by atoms with Gasteiger partial charge in [0.1, 0.15) is 5.82 Å². The van der Waals surface area contributed by atoms with Crippen molar-refractivity contribution in [2.75, 3.05) is 11.1 Å². The number of carbonyl (C=O) groups is 1. The van der Waals surface area contributed by atoms with Crippen molar-refractivity contribution >= 4 is 34.7 Å². The van der Waals surface area contributed by atoms with E-state index < -0.39 is 0 Å². The lowest BCUT2D eigenvalue weighted by Gasteiger charge is -2.13. The van der Waals surface area contributed by atoms with Gasteiger partial charge in [-0.2, -0.15) is 0 Å². The predicted molar refractivity (Wildman–Crippen MR) is 73.6 cm³/mol. The first-order chi connectivity index (χ1) is 8.74. The summed E-state index contributed by atoms with van der Waals surface area (Å²) in [5.41, 5.74) is 1.91. The van der Waals surface area contributed by atoms with Gasteiger partial charge in [0.15, 0.2) is 0 Å². The Balaban J connectivity index is 2.02. The number of fused-ring (bicyclic) bond motifs is 1. The molecule has 2 aromatic rings. The van der Waals surface area contributed by atoms with Crippen LogP contribution in [0.1, 0.15) is 15.7 Å². The fourth-order valence-electron chi connectivity index (χ4n) is 1.93. The smallest absolute Gasteiger partial charge is 0.234 e. The van der Waals surface area contributed by atoms with E-state index in [0.29, 0.717) is 5.75 Å². The van der Waals surface area contributed by atoms with E-state index in [4.69, 9.17) is 0 Å². The molecule has 1 atom stereocenters. The van der Waals surface area contributed by atoms with Crippen LogP contribution >= 0.6 is 23.1 Å². The van der Waals surface area contributed by atoms with Gasteiger partial charge in [0.05, 0.1) is 16.7 Å². The summed E-state index contributed by atoms with van der Waals surface area (Å²) in [6.45, 7) is 0. The maximum absolute atomic E-state index is 13.0. The topological polar surface area (TPSA) is 29.1 Å². The van der Waals surface area contributed by atoms with Crippen LogP contribution in [0.2, 0.25) is 0 Å². The molecule has 92 valence electrons. The molecule has 1 aromatic carbocycles. The minimum absolute atomic E-state index is 0.0178. The molecule has 0 saturated carbocycles. The Hall–Kier alpha value is -1.33. The SMILES string of the molecule is O=C1CS[C@@H](c2ccc(F)cc2)c2sccc2N1. The number of carbonyl (C=O) groups excluding carboxylic acids is 1. The van der Waals surface area contributed by atoms with Gasteiger partial charge < -0.3 is 5.32 Å². The summed E-state index contributed by atoms with van der Waals surface area (Å²) in [7, 11) is 0. The molecular formula is C13H10FNOS2. The van der Waals surface area contributed by atoms with E-state index in [-0.39, 0.29) is 17.0 Å². The highest BCUT2D eigenvalue weighted by molar-refractivity contribution is 8.00. The Kier molecular flexibility index (Phi) is 3.09. The fourth-order valence-corrected chi connectivity index (χ4v) is 4.18. The summed E-state index contributed by atoms with van der Waals surface area (Å²) in [6.07, 6.45) is 0. The van der Waals surface area contributed by atoms with Crippen LogP contribution in [0.25, 0.3) is 0 Å². The van der Waals surface area contributed by atoms with Gasteiger partial charge in [0, 0.05) is 4.88 Å². The molecule has 2 heterocycles. The van der Waals surface area contributed by atoms with E-state index in [2.05, 4.69) is 5.32 Å². The second-order valence-corrected chi connectivity index (χ2v) is 6.03. The number of nitrogens with one attached hydrogen (secondary N) is 1. The van der Waals surface area contributed by atoms with Gasteiger partial charge in [-0.15, -0.1) is 23.1 Å². The molecule has 1 amide bonds. The Morgan fingerprint density at radius 2 is 2.00 bits per heavy atom. The molecule has 0 saturated heterocycles. The lowest BCUT2D eigenvalue weighted by Crippen LogP contribution is -2.11. The Labute approximate surface area is 112 Å². The normalized spacial score (nSPS) is 18.9. The molecule has 1 aliphatic heterocycles. The number of hydrogen-bond donors (Lipinski definition) is 1. The molecule has 0 bridgehead atoms. The zero-order chi connectivity index (χ0) is 12.5. The summed E-state index contributed by atoms with van der Waals surface area (Å²) in [5, 5.41) is 4.95. The number of benzene rings is 1. The van der Waals surface area contributed by atoms with Crippen molar-refractivity contribution in [3.63, 3.8) is 0 Å². The van der Waals surface area contributed by atoms with Gasteiger partial charge in [0.25, 0.3) is 0 Å². The Morgan fingerprint density at radius 3 is 2.78 bits per heavy atom. The molecule has 1 N–H and O–H groups in total. The zero-order valence-electron chi connectivity index (χ0n) is 9.35. The first kappa shape index (κ1) is 11.7. The molecule has 0 radical (unpaired) electrons. The number of hydrogen-bond acceptors (Lipinski definition) is 3. The van der Waals surface area contributed by atoms with Crippen LogP contribution in [0.4, 0.5) is 10.1 Å². The predicted octanol–water partition coefficient (Wildman–Crippen LogP) is 3.66. The molecular weight excluding hydrogens is 269 g/mol. The van der Waals surface area contributed by atoms with Crippen molar-refractivity contribution in [1.29, 1.82) is 0 Å². The number of rotatable bonds is 1. The van der Waals surface area contributed by atoms with Crippen molar-refractivity contribution < 1.29 is 9.18 Å². The summed E-state index contributed by atoms with van der Waals surface area (Å²) >= 11 is 3.19. The number of halogens is 1. The van der Waals surface area contributed by atoms with E-state index in [0.717, 1.165) is 16.1 Å². The van der Waals surface area contributed by atoms with Gasteiger partial charge in [-0.1, -0.05) is 12.1 Å². The molecule has 2 nitrogen and oxygen atoms in total. The quantitative estimate of drug-likeness (QED) is 0.863. The van der Waals surface area contributed by atoms with Crippen molar-refractivity contribution in [1.82, 2.24) is 0 Å². The molecule has 18 heavy (non-hydrogen) atoms. The monoisotopic (exact) mass is 279 g/mol. The molecule has 0 fully saturated rings. The van der Waals surface area contributed by atoms with Gasteiger partial charge in [0.2, 0.25) is 5.91 Å². The van der Waals surface area contributed by atoms with Crippen molar-refractivity contribution in [3.05, 3.63) is 52.0 Å². The Bertz CT molecular complexity index is 579. The summed E-state index contributed by atoms with van der Waals surface area (Å²) in [4.78, 5) is 12.7. The Morgan fingerprint density at radius 1 is 1.22 bits per heavy atom. The maximum atomic E-state index is 13.0. The van der Waals surface area contributed by atoms with Gasteiger partial charge in [-0.25, -0.2) is 4.39 Å². The lowest BCUT2D eigenvalue weighted by molar-refractivity contribution is -0.113. The van der Waals surface area contributed by atoms with Crippen molar-refractivity contribution in [3.8, 4) is 0 Å². The second-order valence-electron chi connectivity index (χ2n) is 3.99. The number of thioether (sulfide) groups is 1. The van der Waals surface area contributed by atoms with Crippen LogP contribution in [0.15, 0.2) is 35.7 Å². The third-order valence-corrected chi connectivity index (χ3v) is 5.16. The first-order valence-electron chi connectivity index (χ1n) is 5.48. The highest BCUT2D eigenvalue weighted by Gasteiger charge is 2.25. The molecule has 0 spiro atoms. The van der Waals surface area contributed by atoms with Crippen LogP contribution in [0, 0.1) is 5.82 Å². The highest BCUT2D eigenvalue weighted by Crippen LogP contribution is 2.44. The van der Waals surface area contributed by atoms with Crippen LogP contribution in [-0.2, 0) is 4.79 Å². The minimum atomic E-state index is -0.238. The van der Waals surface area contributed by atoms with Crippen molar-refractivity contribution in [2.24, 2.45) is 0 Å². The van der Waals surface area contributed by atoms with Crippen LogP contribution in [-0.4, -0.2) is 11.7 Å². The van der Waals surface area contributed by atoms with Gasteiger partial charge in [-0.3, -0.25) is 4.79 Å². The molecule has 1 aliphatic rings. The average molecular weight is 279 g/mol. The fraction of sp³-hybridized carbons (Fsp3) is 0.154. The molecule has 0 unspecified atom stereocenters. The molecule has 0 aliphatic carbocycles. The maximum Gasteiger partial charge on any atom is 0.234 e. The number of thiophene rings is 1. The largest absolute Gasteiger partial charge is 0.324 e. The van der Waals surface area contributed by atoms with E-state index in [1.165, 1.54) is 12.1 Å². The molecule has 5 heteroatoms. The average Bonchev–Trinajstić information content (AvgIpc) is 2.74. The van der Waals surface area contributed by atoms with E-state index >= 15 is 0 Å². The van der Waals surface area contributed by atoms with E-state index in [1.807, 2.05) is 11.4 Å². The molecule has 1 aromatic heterocycles. The standard InChI is InChI=1S/C13H10FNOS2/c14-9-3-1-8(2-4-9)12-13-10(5-6-17-13)15-11(16)7-18-12/h1-6,12H,7H2,(H,15,16)/t12-/m0/s1. The molecule has 3 rings (SSSR count). The zero-order valence-corrected chi connectivity index (χ0v) is 11.0. The number of anilines is 1. The summed E-state index contributed by atoms with van der Waals surface area (Å²) in [5.74, 6) is 0.200. The van der Waals surface area contributed by atoms with Crippen LogP contribution in [0.5, 0.6) is 0 Å². The number of amides is 1.